The highest BCUT2D eigenvalue weighted by Gasteiger charge is 2.61. The summed E-state index contributed by atoms with van der Waals surface area (Å²) in [6, 6.07) is 16.6. The number of rotatable bonds is 4. The molecule has 0 spiro atoms. The Morgan fingerprint density at radius 1 is 0.595 bits per heavy atom. The summed E-state index contributed by atoms with van der Waals surface area (Å²) in [7, 11) is 0. The van der Waals surface area contributed by atoms with E-state index in [1.54, 1.807) is 5.56 Å². The molecule has 1 saturated heterocycles. The molecule has 1 aliphatic heterocycles. The lowest BCUT2D eigenvalue weighted by molar-refractivity contribution is -0.0531. The van der Waals surface area contributed by atoms with Gasteiger partial charge in [-0.15, -0.1) is 0 Å². The normalized spacial score (nSPS) is 26.2. The molecule has 9 rings (SSSR count). The van der Waals surface area contributed by atoms with E-state index in [1.165, 1.54) is 75.0 Å². The minimum Gasteiger partial charge on any atom is -0.379 e. The van der Waals surface area contributed by atoms with Crippen LogP contribution in [0, 0.1) is 11.8 Å². The average molecular weight is 488 g/mol. The van der Waals surface area contributed by atoms with Crippen LogP contribution in [0.2, 0.25) is 0 Å². The lowest BCUT2D eigenvalue weighted by Crippen LogP contribution is -2.60. The van der Waals surface area contributed by atoms with Crippen molar-refractivity contribution in [3.63, 3.8) is 0 Å². The maximum absolute atomic E-state index is 6.03. The van der Waals surface area contributed by atoms with Gasteiger partial charge in [-0.25, -0.2) is 0 Å². The quantitative estimate of drug-likeness (QED) is 0.409. The van der Waals surface area contributed by atoms with E-state index < -0.39 is 0 Å². The van der Waals surface area contributed by atoms with Crippen LogP contribution in [0.4, 0.5) is 0 Å². The Kier molecular flexibility index (Phi) is 4.54. The van der Waals surface area contributed by atoms with Crippen molar-refractivity contribution in [2.75, 3.05) is 26.3 Å². The van der Waals surface area contributed by atoms with E-state index in [4.69, 9.17) is 4.74 Å². The van der Waals surface area contributed by atoms with Gasteiger partial charge in [0.15, 0.2) is 0 Å². The fourth-order valence-electron chi connectivity index (χ4n) is 10.1. The third kappa shape index (κ3) is 2.79. The van der Waals surface area contributed by atoms with Gasteiger partial charge in [0.05, 0.1) is 18.8 Å². The second-order valence-corrected chi connectivity index (χ2v) is 12.7. The van der Waals surface area contributed by atoms with Gasteiger partial charge in [0.25, 0.3) is 0 Å². The lowest BCUT2D eigenvalue weighted by atomic mass is 9.59. The van der Waals surface area contributed by atoms with E-state index in [2.05, 4.69) is 47.4 Å². The molecule has 0 atom stereocenters. The minimum absolute atomic E-state index is 0.0152. The molecule has 2 nitrogen and oxygen atoms in total. The van der Waals surface area contributed by atoms with Gasteiger partial charge in [0.1, 0.15) is 0 Å². The Balaban J connectivity index is 1.38. The zero-order valence-corrected chi connectivity index (χ0v) is 22.0. The zero-order chi connectivity index (χ0) is 24.1. The van der Waals surface area contributed by atoms with Crippen LogP contribution in [0.5, 0.6) is 0 Å². The van der Waals surface area contributed by atoms with Gasteiger partial charge >= 0.3 is 0 Å². The number of allylic oxidation sites excluding steroid dienone is 4. The van der Waals surface area contributed by atoms with Crippen LogP contribution in [-0.4, -0.2) is 31.2 Å². The third-order valence-corrected chi connectivity index (χ3v) is 11.5. The van der Waals surface area contributed by atoms with E-state index in [0.29, 0.717) is 11.8 Å². The van der Waals surface area contributed by atoms with Crippen LogP contribution >= 0.6 is 0 Å². The molecule has 1 heterocycles. The number of nitrogens with zero attached hydrogens (tertiary/aromatic N) is 1. The molecule has 4 saturated carbocycles. The topological polar surface area (TPSA) is 12.5 Å². The van der Waals surface area contributed by atoms with Crippen molar-refractivity contribution in [1.29, 1.82) is 0 Å². The highest BCUT2D eigenvalue weighted by Crippen LogP contribution is 2.67. The molecular formula is C35H37NO. The zero-order valence-electron chi connectivity index (χ0n) is 22.0. The molecule has 2 aromatic carbocycles. The lowest BCUT2D eigenvalue weighted by Gasteiger charge is -2.56. The van der Waals surface area contributed by atoms with E-state index in [-0.39, 0.29) is 5.54 Å². The van der Waals surface area contributed by atoms with E-state index >= 15 is 0 Å². The van der Waals surface area contributed by atoms with Gasteiger partial charge in [-0.1, -0.05) is 81.0 Å². The standard InChI is InChI=1S/C35H37NO/c1-2-4-23-21-28(10-9-22(23)3-1)35(36-15-17-37-18-16-36,33-29-11-12-30(33)25-6-5-24(29)19-25)34-31-13-14-32(34)27-8-7-26(31)20-27/h1-4,9-10,21,33-34H,5-8,11-20H2. The fraction of sp³-hybridized carbons (Fsp3) is 0.486. The minimum atomic E-state index is -0.0152. The second kappa shape index (κ2) is 7.80. The average Bonchev–Trinajstić information content (AvgIpc) is 3.69. The molecule has 0 radical (unpaired) electrons. The SMILES string of the molecule is c1ccc2cc(C(C3C4=C5CCC(=C3CC4)C5)(C3C4=C5CCC(=C3CC4)C5)N3CCOCC3)ccc2c1. The summed E-state index contributed by atoms with van der Waals surface area (Å²) < 4.78 is 6.03. The summed E-state index contributed by atoms with van der Waals surface area (Å²) in [6.07, 6.45) is 13.1. The smallest absolute Gasteiger partial charge is 0.0669 e. The van der Waals surface area contributed by atoms with Crippen LogP contribution in [0.25, 0.3) is 10.8 Å². The summed E-state index contributed by atoms with van der Waals surface area (Å²) in [6.45, 7) is 3.83. The number of hydrogen-bond acceptors (Lipinski definition) is 2. The first-order chi connectivity index (χ1) is 18.3. The van der Waals surface area contributed by atoms with Crippen molar-refractivity contribution in [3.05, 3.63) is 92.6 Å². The molecule has 8 bridgehead atoms. The second-order valence-electron chi connectivity index (χ2n) is 12.7. The maximum Gasteiger partial charge on any atom is 0.0669 e. The molecule has 6 aliphatic carbocycles. The van der Waals surface area contributed by atoms with Gasteiger partial charge in [-0.2, -0.15) is 0 Å². The number of ether oxygens (including phenoxy) is 1. The van der Waals surface area contributed by atoms with Crippen molar-refractivity contribution < 1.29 is 4.74 Å². The van der Waals surface area contributed by atoms with Crippen LogP contribution in [0.15, 0.2) is 87.0 Å². The van der Waals surface area contributed by atoms with Crippen molar-refractivity contribution in [3.8, 4) is 0 Å². The Hall–Kier alpha value is -2.42. The first-order valence-corrected chi connectivity index (χ1v) is 15.0. The molecule has 5 fully saturated rings. The summed E-state index contributed by atoms with van der Waals surface area (Å²) in [4.78, 5) is 2.96. The molecule has 188 valence electrons. The summed E-state index contributed by atoms with van der Waals surface area (Å²) in [5.41, 5.74) is 16.3. The number of hydrogen-bond donors (Lipinski definition) is 0. The molecular weight excluding hydrogens is 450 g/mol. The summed E-state index contributed by atoms with van der Waals surface area (Å²) in [5.74, 6) is 1.11. The predicted octanol–water partition coefficient (Wildman–Crippen LogP) is 7.77. The molecule has 0 N–H and O–H groups in total. The van der Waals surface area contributed by atoms with Gasteiger partial charge < -0.3 is 4.74 Å². The van der Waals surface area contributed by atoms with Gasteiger partial charge in [-0.3, -0.25) is 4.90 Å². The van der Waals surface area contributed by atoms with Crippen molar-refractivity contribution >= 4 is 10.8 Å². The highest BCUT2D eigenvalue weighted by molar-refractivity contribution is 5.83. The molecule has 0 unspecified atom stereocenters. The first-order valence-electron chi connectivity index (χ1n) is 15.0. The van der Waals surface area contributed by atoms with Crippen LogP contribution in [-0.2, 0) is 10.3 Å². The van der Waals surface area contributed by atoms with Crippen LogP contribution in [0.1, 0.15) is 69.8 Å². The van der Waals surface area contributed by atoms with E-state index in [9.17, 15) is 0 Å². The fourth-order valence-corrected chi connectivity index (χ4v) is 10.1. The summed E-state index contributed by atoms with van der Waals surface area (Å²) >= 11 is 0. The largest absolute Gasteiger partial charge is 0.379 e. The van der Waals surface area contributed by atoms with Crippen molar-refractivity contribution in [2.45, 2.75) is 69.7 Å². The van der Waals surface area contributed by atoms with Gasteiger partial charge in [0.2, 0.25) is 0 Å². The van der Waals surface area contributed by atoms with Gasteiger partial charge in [0, 0.05) is 24.9 Å². The monoisotopic (exact) mass is 487 g/mol. The van der Waals surface area contributed by atoms with Crippen molar-refractivity contribution in [1.82, 2.24) is 4.90 Å². The molecule has 7 aliphatic rings. The number of morpholine rings is 1. The predicted molar refractivity (Wildman–Crippen MR) is 149 cm³/mol. The number of fused-ring (bicyclic) bond motifs is 9. The molecule has 2 aromatic rings. The number of benzene rings is 2. The third-order valence-electron chi connectivity index (χ3n) is 11.5. The molecule has 2 heteroatoms. The van der Waals surface area contributed by atoms with E-state index in [0.717, 1.165) is 26.3 Å². The Bertz CT molecular complexity index is 1360. The van der Waals surface area contributed by atoms with Crippen LogP contribution in [0.3, 0.4) is 0 Å². The molecule has 0 aromatic heterocycles. The molecule has 0 amide bonds. The summed E-state index contributed by atoms with van der Waals surface area (Å²) in [5, 5.41) is 2.77. The van der Waals surface area contributed by atoms with E-state index in [1.807, 2.05) is 44.6 Å². The Labute approximate surface area is 220 Å². The Morgan fingerprint density at radius 2 is 1.11 bits per heavy atom. The maximum atomic E-state index is 6.03. The highest BCUT2D eigenvalue weighted by atomic mass is 16.5. The van der Waals surface area contributed by atoms with Crippen molar-refractivity contribution in [2.24, 2.45) is 11.8 Å². The first kappa shape index (κ1) is 21.5. The molecule has 37 heavy (non-hydrogen) atoms. The Morgan fingerprint density at radius 3 is 1.65 bits per heavy atom. The van der Waals surface area contributed by atoms with Crippen LogP contribution < -0.4 is 0 Å². The van der Waals surface area contributed by atoms with Gasteiger partial charge in [-0.05, 0) is 86.6 Å².